The van der Waals surface area contributed by atoms with E-state index < -0.39 is 97.5 Å². The third-order valence-corrected chi connectivity index (χ3v) is 17.6. The van der Waals surface area contributed by atoms with Gasteiger partial charge in [-0.2, -0.15) is 0 Å². The van der Waals surface area contributed by atoms with Gasteiger partial charge in [-0.25, -0.2) is 9.13 Å². The third kappa shape index (κ3) is 62.6. The largest absolute Gasteiger partial charge is 0.472 e. The fraction of sp³-hybridized carbons (Fsp3) is 0.941. The quantitative estimate of drug-likeness (QED) is 0.0222. The van der Waals surface area contributed by atoms with E-state index >= 15 is 0 Å². The summed E-state index contributed by atoms with van der Waals surface area (Å²) in [5.41, 5.74) is 0. The first-order chi connectivity index (χ1) is 41.9. The van der Waals surface area contributed by atoms with Crippen molar-refractivity contribution >= 4 is 39.5 Å². The van der Waals surface area contributed by atoms with E-state index in [2.05, 4.69) is 41.5 Å². The number of ether oxygens (including phenoxy) is 4. The minimum absolute atomic E-state index is 0.105. The van der Waals surface area contributed by atoms with Crippen LogP contribution in [-0.2, 0) is 65.4 Å². The van der Waals surface area contributed by atoms with Gasteiger partial charge in [-0.1, -0.05) is 292 Å². The van der Waals surface area contributed by atoms with Crippen molar-refractivity contribution in [3.63, 3.8) is 0 Å². The van der Waals surface area contributed by atoms with Crippen LogP contribution in [-0.4, -0.2) is 96.7 Å². The van der Waals surface area contributed by atoms with Crippen molar-refractivity contribution < 1.29 is 80.2 Å². The van der Waals surface area contributed by atoms with E-state index in [1.165, 1.54) is 154 Å². The molecule has 0 radical (unpaired) electrons. The molecular formula is C68H132O17P2. The molecule has 0 saturated carbocycles. The zero-order valence-corrected chi connectivity index (χ0v) is 58.1. The Morgan fingerprint density at radius 3 is 0.782 bits per heavy atom. The first-order valence-electron chi connectivity index (χ1n) is 35.5. The summed E-state index contributed by atoms with van der Waals surface area (Å²) in [6.45, 7) is 9.43. The maximum atomic E-state index is 13.0. The molecule has 0 saturated heterocycles. The monoisotopic (exact) mass is 1280 g/mol. The van der Waals surface area contributed by atoms with E-state index in [1.54, 1.807) is 0 Å². The number of hydrogen-bond donors (Lipinski definition) is 3. The zero-order valence-electron chi connectivity index (χ0n) is 56.3. The molecule has 87 heavy (non-hydrogen) atoms. The molecule has 17 nitrogen and oxygen atoms in total. The topological polar surface area (TPSA) is 237 Å². The SMILES string of the molecule is CCCCCCCCCCCCC(=O)O[C@H](COC(=O)CCCCCCC)COP(=O)(O)OC[C@H](O)COP(=O)(O)OC[C@@H](COC(=O)CCCCCCCCCCC(C)C)OC(=O)CCCCCCCCCCCCCCCCCCCCC(C)C. The molecule has 0 aromatic heterocycles. The number of aliphatic hydroxyl groups is 1. The highest BCUT2D eigenvalue weighted by Gasteiger charge is 2.30. The lowest BCUT2D eigenvalue weighted by Crippen LogP contribution is -2.30. The Balaban J connectivity index is 5.09. The number of esters is 4. The van der Waals surface area contributed by atoms with Gasteiger partial charge in [0.2, 0.25) is 0 Å². The van der Waals surface area contributed by atoms with Crippen molar-refractivity contribution in [2.75, 3.05) is 39.6 Å². The first kappa shape index (κ1) is 85.1. The van der Waals surface area contributed by atoms with Crippen LogP contribution >= 0.6 is 15.6 Å². The Bertz CT molecular complexity index is 1700. The number of carbonyl (C=O) groups excluding carboxylic acids is 4. The normalized spacial score (nSPS) is 14.2. The Labute approximate surface area is 530 Å². The van der Waals surface area contributed by atoms with Gasteiger partial charge in [-0.15, -0.1) is 0 Å². The molecule has 0 amide bonds. The fourth-order valence-corrected chi connectivity index (χ4v) is 11.8. The summed E-state index contributed by atoms with van der Waals surface area (Å²) in [5, 5.41) is 10.5. The Kier molecular flexibility index (Phi) is 59.0. The summed E-state index contributed by atoms with van der Waals surface area (Å²) in [7, 11) is -9.88. The summed E-state index contributed by atoms with van der Waals surface area (Å²) in [5.74, 6) is -0.594. The molecule has 0 spiro atoms. The second kappa shape index (κ2) is 60.3. The van der Waals surface area contributed by atoms with Gasteiger partial charge in [0.25, 0.3) is 0 Å². The molecule has 0 rings (SSSR count). The number of rotatable bonds is 67. The third-order valence-electron chi connectivity index (χ3n) is 15.7. The van der Waals surface area contributed by atoms with E-state index in [-0.39, 0.29) is 25.7 Å². The van der Waals surface area contributed by atoms with Crippen molar-refractivity contribution in [3.8, 4) is 0 Å². The second-order valence-electron chi connectivity index (χ2n) is 25.5. The lowest BCUT2D eigenvalue weighted by molar-refractivity contribution is -0.161. The van der Waals surface area contributed by atoms with Crippen molar-refractivity contribution in [2.24, 2.45) is 11.8 Å². The van der Waals surface area contributed by atoms with E-state index in [0.29, 0.717) is 25.7 Å². The molecule has 0 aliphatic heterocycles. The van der Waals surface area contributed by atoms with Crippen LogP contribution in [0.1, 0.15) is 343 Å². The van der Waals surface area contributed by atoms with Crippen molar-refractivity contribution in [1.29, 1.82) is 0 Å². The smallest absolute Gasteiger partial charge is 0.462 e. The molecule has 0 aromatic rings. The minimum Gasteiger partial charge on any atom is -0.462 e. The van der Waals surface area contributed by atoms with Crippen molar-refractivity contribution in [3.05, 3.63) is 0 Å². The summed E-state index contributed by atoms with van der Waals surface area (Å²) in [6, 6.07) is 0. The highest BCUT2D eigenvalue weighted by atomic mass is 31.2. The van der Waals surface area contributed by atoms with Crippen LogP contribution in [0, 0.1) is 11.8 Å². The number of phosphoric acid groups is 2. The Hall–Kier alpha value is -1.94. The zero-order chi connectivity index (χ0) is 64.3. The second-order valence-corrected chi connectivity index (χ2v) is 28.4. The van der Waals surface area contributed by atoms with Gasteiger partial charge in [-0.05, 0) is 37.5 Å². The predicted octanol–water partition coefficient (Wildman–Crippen LogP) is 19.2. The van der Waals surface area contributed by atoms with Gasteiger partial charge < -0.3 is 33.8 Å². The summed E-state index contributed by atoms with van der Waals surface area (Å²) in [4.78, 5) is 72.1. The van der Waals surface area contributed by atoms with E-state index in [9.17, 15) is 43.2 Å². The molecule has 0 bridgehead atoms. The van der Waals surface area contributed by atoms with Gasteiger partial charge in [-0.3, -0.25) is 37.3 Å². The maximum Gasteiger partial charge on any atom is 0.472 e. The van der Waals surface area contributed by atoms with E-state index in [1.807, 2.05) is 0 Å². The van der Waals surface area contributed by atoms with Gasteiger partial charge in [0, 0.05) is 25.7 Å². The van der Waals surface area contributed by atoms with Crippen LogP contribution in [0.25, 0.3) is 0 Å². The number of carbonyl (C=O) groups is 4. The highest BCUT2D eigenvalue weighted by molar-refractivity contribution is 7.47. The molecule has 3 N–H and O–H groups in total. The molecule has 0 aliphatic carbocycles. The van der Waals surface area contributed by atoms with Crippen LogP contribution in [0.4, 0.5) is 0 Å². The molecule has 5 atom stereocenters. The number of unbranched alkanes of at least 4 members (excludes halogenated alkanes) is 37. The molecule has 19 heteroatoms. The predicted molar refractivity (Wildman–Crippen MR) is 349 cm³/mol. The van der Waals surface area contributed by atoms with Crippen molar-refractivity contribution in [1.82, 2.24) is 0 Å². The molecule has 516 valence electrons. The lowest BCUT2D eigenvalue weighted by atomic mass is 10.0. The molecule has 0 heterocycles. The van der Waals surface area contributed by atoms with Gasteiger partial charge >= 0.3 is 39.5 Å². The lowest BCUT2D eigenvalue weighted by Gasteiger charge is -2.21. The summed E-state index contributed by atoms with van der Waals surface area (Å²) < 4.78 is 67.9. The summed E-state index contributed by atoms with van der Waals surface area (Å²) >= 11 is 0. The molecule has 0 aliphatic rings. The average Bonchev–Trinajstić information content (AvgIpc) is 3.67. The number of phosphoric ester groups is 2. The van der Waals surface area contributed by atoms with Crippen LogP contribution in [0.3, 0.4) is 0 Å². The first-order valence-corrected chi connectivity index (χ1v) is 38.5. The molecule has 0 aromatic carbocycles. The molecule has 0 fully saturated rings. The maximum absolute atomic E-state index is 13.0. The standard InChI is InChI=1S/C68H132O17P2/c1-7-9-11-13-14-15-27-34-40-46-52-67(72)84-63(56-78-65(70)50-44-36-12-10-8-2)58-82-86(74,75)80-54-62(69)55-81-87(76,77)83-59-64(57-79-66(71)51-45-39-33-30-29-32-38-43-49-61(5)6)85-68(73)53-47-41-35-28-25-23-21-19-17-16-18-20-22-24-26-31-37-42-48-60(3)4/h60-64,69H,7-59H2,1-6H3,(H,74,75)(H,76,77)/t62-,63+,64+/m0/s1. The number of hydrogen-bond acceptors (Lipinski definition) is 15. The molecule has 2 unspecified atom stereocenters. The Morgan fingerprint density at radius 2 is 0.529 bits per heavy atom. The van der Waals surface area contributed by atoms with E-state index in [4.69, 9.17) is 37.0 Å². The van der Waals surface area contributed by atoms with Crippen molar-refractivity contribution in [2.45, 2.75) is 362 Å². The van der Waals surface area contributed by atoms with Crippen LogP contribution in [0.2, 0.25) is 0 Å². The minimum atomic E-state index is -4.95. The summed E-state index contributed by atoms with van der Waals surface area (Å²) in [6.07, 6.45) is 45.0. The van der Waals surface area contributed by atoms with Gasteiger partial charge in [0.1, 0.15) is 19.3 Å². The number of aliphatic hydroxyl groups excluding tert-OH is 1. The fourth-order valence-electron chi connectivity index (χ4n) is 10.2. The van der Waals surface area contributed by atoms with Crippen LogP contribution in [0.15, 0.2) is 0 Å². The molecular weight excluding hydrogens is 1150 g/mol. The Morgan fingerprint density at radius 1 is 0.310 bits per heavy atom. The van der Waals surface area contributed by atoms with E-state index in [0.717, 1.165) is 108 Å². The van der Waals surface area contributed by atoms with Gasteiger partial charge in [0.15, 0.2) is 12.2 Å². The van der Waals surface area contributed by atoms with Gasteiger partial charge in [0.05, 0.1) is 26.4 Å². The highest BCUT2D eigenvalue weighted by Crippen LogP contribution is 2.45. The average molecular weight is 1280 g/mol. The van der Waals surface area contributed by atoms with Crippen LogP contribution < -0.4 is 0 Å². The van der Waals surface area contributed by atoms with Crippen LogP contribution in [0.5, 0.6) is 0 Å².